The first kappa shape index (κ1) is 14.7. The molecule has 2 atom stereocenters. The van der Waals surface area contributed by atoms with E-state index >= 15 is 0 Å². The van der Waals surface area contributed by atoms with Crippen LogP contribution in [0, 0.1) is 5.41 Å². The summed E-state index contributed by atoms with van der Waals surface area (Å²) in [5.74, 6) is 1.86. The van der Waals surface area contributed by atoms with Gasteiger partial charge in [0.2, 0.25) is 0 Å². The number of nitrogens with one attached hydrogen (secondary N) is 1. The Morgan fingerprint density at radius 3 is 2.38 bits per heavy atom. The second kappa shape index (κ2) is 6.27. The van der Waals surface area contributed by atoms with Gasteiger partial charge in [-0.3, -0.25) is 0 Å². The van der Waals surface area contributed by atoms with Crippen LogP contribution < -0.4 is 14.8 Å². The number of rotatable bonds is 5. The molecule has 116 valence electrons. The second-order valence-electron chi connectivity index (χ2n) is 6.42. The molecule has 2 unspecified atom stereocenters. The molecule has 2 aliphatic carbocycles. The van der Waals surface area contributed by atoms with Crippen molar-refractivity contribution < 1.29 is 9.47 Å². The summed E-state index contributed by atoms with van der Waals surface area (Å²) in [5.41, 5.74) is 0.369. The number of hydrogen-bond acceptors (Lipinski definition) is 3. The Kier molecular flexibility index (Phi) is 4.39. The summed E-state index contributed by atoms with van der Waals surface area (Å²) in [6, 6.07) is 8.64. The van der Waals surface area contributed by atoms with Gasteiger partial charge in [-0.15, -0.1) is 0 Å². The molecule has 0 aliphatic heterocycles. The van der Waals surface area contributed by atoms with Gasteiger partial charge in [0.05, 0.1) is 7.11 Å². The third kappa shape index (κ3) is 2.76. The predicted octanol–water partition coefficient (Wildman–Crippen LogP) is 3.77. The Labute approximate surface area is 128 Å². The molecular weight excluding hydrogens is 262 g/mol. The molecule has 0 saturated heterocycles. The van der Waals surface area contributed by atoms with Crippen molar-refractivity contribution in [1.82, 2.24) is 5.32 Å². The molecule has 1 spiro atoms. The van der Waals surface area contributed by atoms with Crippen molar-refractivity contribution in [3.63, 3.8) is 0 Å². The van der Waals surface area contributed by atoms with Crippen LogP contribution in [0.2, 0.25) is 0 Å². The Hall–Kier alpha value is -1.22. The van der Waals surface area contributed by atoms with E-state index in [1.807, 2.05) is 24.3 Å². The third-order valence-electron chi connectivity index (χ3n) is 5.36. The first-order valence-corrected chi connectivity index (χ1v) is 8.32. The fourth-order valence-electron chi connectivity index (χ4n) is 4.14. The summed E-state index contributed by atoms with van der Waals surface area (Å²) < 4.78 is 11.5. The van der Waals surface area contributed by atoms with Crippen molar-refractivity contribution in [3.8, 4) is 11.5 Å². The molecule has 2 saturated carbocycles. The first-order valence-electron chi connectivity index (χ1n) is 8.32. The molecule has 0 bridgehead atoms. The van der Waals surface area contributed by atoms with Gasteiger partial charge in [0.15, 0.2) is 0 Å². The average Bonchev–Trinajstić information content (AvgIpc) is 2.55. The van der Waals surface area contributed by atoms with Gasteiger partial charge in [0, 0.05) is 17.9 Å². The Bertz CT molecular complexity index is 451. The minimum Gasteiger partial charge on any atom is -0.497 e. The minimum atomic E-state index is 0.369. The van der Waals surface area contributed by atoms with E-state index in [1.54, 1.807) is 7.11 Å². The number of benzene rings is 1. The quantitative estimate of drug-likeness (QED) is 0.895. The molecule has 1 aromatic rings. The SMILES string of the molecule is CCNC1CC(Oc2ccc(OC)cc2)C12CCCCC2. The maximum absolute atomic E-state index is 6.32. The number of ether oxygens (including phenoxy) is 2. The fraction of sp³-hybridized carbons (Fsp3) is 0.667. The van der Waals surface area contributed by atoms with Crippen LogP contribution in [-0.2, 0) is 0 Å². The van der Waals surface area contributed by atoms with E-state index in [-0.39, 0.29) is 0 Å². The number of hydrogen-bond donors (Lipinski definition) is 1. The van der Waals surface area contributed by atoms with Gasteiger partial charge in [-0.2, -0.15) is 0 Å². The lowest BCUT2D eigenvalue weighted by molar-refractivity contribution is -0.102. The molecule has 21 heavy (non-hydrogen) atoms. The average molecular weight is 289 g/mol. The van der Waals surface area contributed by atoms with Crippen LogP contribution in [0.25, 0.3) is 0 Å². The van der Waals surface area contributed by atoms with Gasteiger partial charge >= 0.3 is 0 Å². The monoisotopic (exact) mass is 289 g/mol. The van der Waals surface area contributed by atoms with Crippen LogP contribution in [-0.4, -0.2) is 25.8 Å². The van der Waals surface area contributed by atoms with E-state index in [4.69, 9.17) is 9.47 Å². The van der Waals surface area contributed by atoms with Crippen molar-refractivity contribution in [1.29, 1.82) is 0 Å². The Morgan fingerprint density at radius 2 is 1.76 bits per heavy atom. The maximum atomic E-state index is 6.32. The van der Waals surface area contributed by atoms with Crippen LogP contribution in [0.1, 0.15) is 45.4 Å². The normalized spacial score (nSPS) is 27.1. The molecule has 3 rings (SSSR count). The third-order valence-corrected chi connectivity index (χ3v) is 5.36. The Balaban J connectivity index is 1.69. The molecule has 0 heterocycles. The zero-order valence-electron chi connectivity index (χ0n) is 13.2. The zero-order chi connectivity index (χ0) is 14.7. The number of methoxy groups -OCH3 is 1. The Morgan fingerprint density at radius 1 is 1.10 bits per heavy atom. The molecule has 2 aliphatic rings. The fourth-order valence-corrected chi connectivity index (χ4v) is 4.14. The lowest BCUT2D eigenvalue weighted by Crippen LogP contribution is -2.65. The molecule has 1 N–H and O–H groups in total. The van der Waals surface area contributed by atoms with E-state index in [1.165, 1.54) is 32.1 Å². The summed E-state index contributed by atoms with van der Waals surface area (Å²) in [6.07, 6.45) is 8.22. The highest BCUT2D eigenvalue weighted by Crippen LogP contribution is 2.53. The molecule has 1 aromatic carbocycles. The van der Waals surface area contributed by atoms with Crippen molar-refractivity contribution in [3.05, 3.63) is 24.3 Å². The van der Waals surface area contributed by atoms with Crippen LogP contribution in [0.5, 0.6) is 11.5 Å². The van der Waals surface area contributed by atoms with E-state index in [0.717, 1.165) is 24.5 Å². The topological polar surface area (TPSA) is 30.5 Å². The smallest absolute Gasteiger partial charge is 0.120 e. The molecule has 3 heteroatoms. The van der Waals surface area contributed by atoms with Crippen molar-refractivity contribution in [2.45, 2.75) is 57.6 Å². The van der Waals surface area contributed by atoms with Gasteiger partial charge in [-0.05, 0) is 43.7 Å². The highest BCUT2D eigenvalue weighted by Gasteiger charge is 2.56. The van der Waals surface area contributed by atoms with Gasteiger partial charge in [0.25, 0.3) is 0 Å². The summed E-state index contributed by atoms with van der Waals surface area (Å²) in [7, 11) is 1.69. The van der Waals surface area contributed by atoms with Crippen molar-refractivity contribution in [2.24, 2.45) is 5.41 Å². The molecule has 0 radical (unpaired) electrons. The van der Waals surface area contributed by atoms with Crippen LogP contribution >= 0.6 is 0 Å². The van der Waals surface area contributed by atoms with Crippen LogP contribution in [0.15, 0.2) is 24.3 Å². The van der Waals surface area contributed by atoms with Crippen molar-refractivity contribution >= 4 is 0 Å². The van der Waals surface area contributed by atoms with Gasteiger partial charge < -0.3 is 14.8 Å². The zero-order valence-corrected chi connectivity index (χ0v) is 13.2. The highest BCUT2D eigenvalue weighted by atomic mass is 16.5. The molecule has 3 nitrogen and oxygen atoms in total. The summed E-state index contributed by atoms with van der Waals surface area (Å²) in [4.78, 5) is 0. The van der Waals surface area contributed by atoms with Crippen LogP contribution in [0.4, 0.5) is 0 Å². The van der Waals surface area contributed by atoms with E-state index < -0.39 is 0 Å². The summed E-state index contributed by atoms with van der Waals surface area (Å²) in [6.45, 7) is 3.26. The van der Waals surface area contributed by atoms with Crippen molar-refractivity contribution in [2.75, 3.05) is 13.7 Å². The highest BCUT2D eigenvalue weighted by molar-refractivity contribution is 5.32. The van der Waals surface area contributed by atoms with E-state index in [9.17, 15) is 0 Å². The van der Waals surface area contributed by atoms with Gasteiger partial charge in [-0.25, -0.2) is 0 Å². The molecule has 0 aromatic heterocycles. The van der Waals surface area contributed by atoms with Gasteiger partial charge in [-0.1, -0.05) is 26.2 Å². The van der Waals surface area contributed by atoms with Crippen LogP contribution in [0.3, 0.4) is 0 Å². The lowest BCUT2D eigenvalue weighted by atomic mass is 9.55. The molecular formula is C18H27NO2. The minimum absolute atomic E-state index is 0.369. The largest absolute Gasteiger partial charge is 0.497 e. The first-order chi connectivity index (χ1) is 10.3. The predicted molar refractivity (Wildman–Crippen MR) is 85.0 cm³/mol. The molecule has 2 fully saturated rings. The second-order valence-corrected chi connectivity index (χ2v) is 6.42. The molecule has 0 amide bonds. The lowest BCUT2D eigenvalue weighted by Gasteiger charge is -2.57. The van der Waals surface area contributed by atoms with E-state index in [0.29, 0.717) is 17.6 Å². The van der Waals surface area contributed by atoms with E-state index in [2.05, 4.69) is 12.2 Å². The summed E-state index contributed by atoms with van der Waals surface area (Å²) >= 11 is 0. The standard InChI is InChI=1S/C18H27NO2/c1-3-19-16-13-17(18(16)11-5-4-6-12-18)21-15-9-7-14(20-2)8-10-15/h7-10,16-17,19H,3-6,11-13H2,1-2H3. The maximum Gasteiger partial charge on any atom is 0.120 e. The summed E-state index contributed by atoms with van der Waals surface area (Å²) in [5, 5.41) is 3.68. The van der Waals surface area contributed by atoms with Gasteiger partial charge in [0.1, 0.15) is 17.6 Å².